The monoisotopic (exact) mass is 251 g/mol. The molecule has 0 fully saturated rings. The van der Waals surface area contributed by atoms with Crippen molar-refractivity contribution < 1.29 is 13.2 Å². The molecule has 18 heavy (non-hydrogen) atoms. The van der Waals surface area contributed by atoms with Crippen molar-refractivity contribution in [2.24, 2.45) is 0 Å². The van der Waals surface area contributed by atoms with Crippen LogP contribution in [0.15, 0.2) is 48.5 Å². The Kier molecular flexibility index (Phi) is 3.28. The normalized spacial score (nSPS) is 11.3. The first-order valence-corrected chi connectivity index (χ1v) is 5.47. The van der Waals surface area contributed by atoms with Gasteiger partial charge in [-0.05, 0) is 23.3 Å². The molecule has 0 aromatic heterocycles. The predicted octanol–water partition coefficient (Wildman–Crippen LogP) is 4.41. The summed E-state index contributed by atoms with van der Waals surface area (Å²) in [7, 11) is 1.49. The molecule has 0 amide bonds. The zero-order valence-corrected chi connectivity index (χ0v) is 9.75. The van der Waals surface area contributed by atoms with Crippen LogP contribution in [0, 0.1) is 0 Å². The van der Waals surface area contributed by atoms with E-state index in [0.29, 0.717) is 0 Å². The Morgan fingerprint density at radius 1 is 0.889 bits per heavy atom. The quantitative estimate of drug-likeness (QED) is 0.833. The Morgan fingerprint density at radius 2 is 1.56 bits per heavy atom. The summed E-state index contributed by atoms with van der Waals surface area (Å²) in [6.07, 6.45) is -4.34. The van der Waals surface area contributed by atoms with E-state index in [-0.39, 0.29) is 5.69 Å². The van der Waals surface area contributed by atoms with Crippen molar-refractivity contribution >= 4 is 5.69 Å². The third kappa shape index (κ3) is 2.47. The molecule has 1 N–H and O–H groups in total. The van der Waals surface area contributed by atoms with E-state index in [1.807, 2.05) is 30.3 Å². The highest BCUT2D eigenvalue weighted by Gasteiger charge is 2.33. The molecule has 0 radical (unpaired) electrons. The molecule has 0 spiro atoms. The van der Waals surface area contributed by atoms with E-state index in [0.717, 1.165) is 17.2 Å². The summed E-state index contributed by atoms with van der Waals surface area (Å²) in [5.74, 6) is 0. The SMILES string of the molecule is CNc1cc(-c2ccccc2)ccc1C(F)(F)F. The first-order valence-electron chi connectivity index (χ1n) is 5.47. The summed E-state index contributed by atoms with van der Waals surface area (Å²) < 4.78 is 38.2. The van der Waals surface area contributed by atoms with E-state index in [4.69, 9.17) is 0 Å². The second-order valence-corrected chi connectivity index (χ2v) is 3.87. The lowest BCUT2D eigenvalue weighted by molar-refractivity contribution is -0.136. The highest BCUT2D eigenvalue weighted by molar-refractivity contribution is 5.70. The van der Waals surface area contributed by atoms with Crippen LogP contribution < -0.4 is 5.32 Å². The Morgan fingerprint density at radius 3 is 2.11 bits per heavy atom. The lowest BCUT2D eigenvalue weighted by Gasteiger charge is -2.14. The van der Waals surface area contributed by atoms with E-state index in [9.17, 15) is 13.2 Å². The minimum Gasteiger partial charge on any atom is -0.388 e. The van der Waals surface area contributed by atoms with E-state index in [1.165, 1.54) is 19.2 Å². The van der Waals surface area contributed by atoms with Crippen molar-refractivity contribution in [2.45, 2.75) is 6.18 Å². The summed E-state index contributed by atoms with van der Waals surface area (Å²) in [6, 6.07) is 13.4. The number of halogens is 3. The predicted molar refractivity (Wildman–Crippen MR) is 66.4 cm³/mol. The zero-order valence-electron chi connectivity index (χ0n) is 9.75. The van der Waals surface area contributed by atoms with Gasteiger partial charge in [-0.2, -0.15) is 13.2 Å². The summed E-state index contributed by atoms with van der Waals surface area (Å²) in [5.41, 5.74) is 1.09. The number of hydrogen-bond donors (Lipinski definition) is 1. The Bertz CT molecular complexity index is 532. The molecular formula is C14H12F3N. The van der Waals surface area contributed by atoms with Gasteiger partial charge in [-0.25, -0.2) is 0 Å². The maximum Gasteiger partial charge on any atom is 0.418 e. The number of rotatable bonds is 2. The highest BCUT2D eigenvalue weighted by Crippen LogP contribution is 2.36. The number of hydrogen-bond acceptors (Lipinski definition) is 1. The molecule has 0 unspecified atom stereocenters. The largest absolute Gasteiger partial charge is 0.418 e. The van der Waals surface area contributed by atoms with Gasteiger partial charge in [-0.3, -0.25) is 0 Å². The summed E-state index contributed by atoms with van der Waals surface area (Å²) in [6.45, 7) is 0. The molecule has 0 saturated carbocycles. The molecular weight excluding hydrogens is 239 g/mol. The van der Waals surface area contributed by atoms with Crippen molar-refractivity contribution in [2.75, 3.05) is 12.4 Å². The van der Waals surface area contributed by atoms with E-state index in [1.54, 1.807) is 0 Å². The standard InChI is InChI=1S/C14H12F3N/c1-18-13-9-11(10-5-3-2-4-6-10)7-8-12(13)14(15,16)17/h2-9,18H,1H3. The van der Waals surface area contributed by atoms with Crippen LogP contribution in [0.1, 0.15) is 5.56 Å². The smallest absolute Gasteiger partial charge is 0.388 e. The fraction of sp³-hybridized carbons (Fsp3) is 0.143. The Labute approximate surface area is 103 Å². The lowest BCUT2D eigenvalue weighted by Crippen LogP contribution is -2.08. The molecule has 94 valence electrons. The van der Waals surface area contributed by atoms with Crippen molar-refractivity contribution in [3.8, 4) is 11.1 Å². The van der Waals surface area contributed by atoms with Crippen LogP contribution in [-0.4, -0.2) is 7.05 Å². The topological polar surface area (TPSA) is 12.0 Å². The first kappa shape index (κ1) is 12.5. The average molecular weight is 251 g/mol. The van der Waals surface area contributed by atoms with Crippen LogP contribution in [0.25, 0.3) is 11.1 Å². The van der Waals surface area contributed by atoms with E-state index in [2.05, 4.69) is 5.32 Å². The number of nitrogens with one attached hydrogen (secondary N) is 1. The van der Waals surface area contributed by atoms with Crippen LogP contribution in [0.4, 0.5) is 18.9 Å². The third-order valence-corrected chi connectivity index (χ3v) is 2.70. The van der Waals surface area contributed by atoms with Crippen molar-refractivity contribution in [3.63, 3.8) is 0 Å². The Hall–Kier alpha value is -1.97. The van der Waals surface area contributed by atoms with Gasteiger partial charge >= 0.3 is 6.18 Å². The zero-order chi connectivity index (χ0) is 13.2. The van der Waals surface area contributed by atoms with Crippen molar-refractivity contribution in [1.29, 1.82) is 0 Å². The van der Waals surface area contributed by atoms with Crippen molar-refractivity contribution in [1.82, 2.24) is 0 Å². The number of anilines is 1. The van der Waals surface area contributed by atoms with Crippen LogP contribution >= 0.6 is 0 Å². The molecule has 0 atom stereocenters. The maximum absolute atomic E-state index is 12.7. The molecule has 0 heterocycles. The van der Waals surface area contributed by atoms with Gasteiger partial charge in [-0.15, -0.1) is 0 Å². The molecule has 2 rings (SSSR count). The van der Waals surface area contributed by atoms with Crippen LogP contribution in [0.5, 0.6) is 0 Å². The molecule has 0 bridgehead atoms. The van der Waals surface area contributed by atoms with Gasteiger partial charge in [0.05, 0.1) is 5.56 Å². The number of benzene rings is 2. The molecule has 2 aromatic carbocycles. The second-order valence-electron chi connectivity index (χ2n) is 3.87. The van der Waals surface area contributed by atoms with Gasteiger partial charge in [0.25, 0.3) is 0 Å². The third-order valence-electron chi connectivity index (χ3n) is 2.70. The molecule has 0 aliphatic rings. The van der Waals surface area contributed by atoms with Gasteiger partial charge in [0.2, 0.25) is 0 Å². The van der Waals surface area contributed by atoms with Gasteiger partial charge in [0.15, 0.2) is 0 Å². The van der Waals surface area contributed by atoms with Gasteiger partial charge in [0, 0.05) is 12.7 Å². The first-order chi connectivity index (χ1) is 8.52. The molecule has 0 aliphatic heterocycles. The second kappa shape index (κ2) is 4.72. The molecule has 0 saturated heterocycles. The molecule has 4 heteroatoms. The molecule has 2 aromatic rings. The van der Waals surface area contributed by atoms with Crippen LogP contribution in [0.2, 0.25) is 0 Å². The molecule has 1 nitrogen and oxygen atoms in total. The molecule has 0 aliphatic carbocycles. The lowest BCUT2D eigenvalue weighted by atomic mass is 10.0. The van der Waals surface area contributed by atoms with Crippen molar-refractivity contribution in [3.05, 3.63) is 54.1 Å². The fourth-order valence-corrected chi connectivity index (χ4v) is 1.81. The fourth-order valence-electron chi connectivity index (χ4n) is 1.81. The Balaban J connectivity index is 2.49. The summed E-state index contributed by atoms with van der Waals surface area (Å²) in [4.78, 5) is 0. The number of alkyl halides is 3. The average Bonchev–Trinajstić information content (AvgIpc) is 2.38. The minimum atomic E-state index is -4.34. The minimum absolute atomic E-state index is 0.0869. The van der Waals surface area contributed by atoms with Gasteiger partial charge < -0.3 is 5.32 Å². The van der Waals surface area contributed by atoms with Crippen LogP contribution in [-0.2, 0) is 6.18 Å². The summed E-state index contributed by atoms with van der Waals surface area (Å²) >= 11 is 0. The van der Waals surface area contributed by atoms with E-state index >= 15 is 0 Å². The van der Waals surface area contributed by atoms with Gasteiger partial charge in [-0.1, -0.05) is 36.4 Å². The van der Waals surface area contributed by atoms with Crippen LogP contribution in [0.3, 0.4) is 0 Å². The maximum atomic E-state index is 12.7. The summed E-state index contributed by atoms with van der Waals surface area (Å²) in [5, 5.41) is 2.59. The van der Waals surface area contributed by atoms with E-state index < -0.39 is 11.7 Å². The highest BCUT2D eigenvalue weighted by atomic mass is 19.4. The van der Waals surface area contributed by atoms with Gasteiger partial charge in [0.1, 0.15) is 0 Å².